The van der Waals surface area contributed by atoms with Gasteiger partial charge < -0.3 is 10.5 Å². The summed E-state index contributed by atoms with van der Waals surface area (Å²) in [6.07, 6.45) is 4.39. The zero-order chi connectivity index (χ0) is 10.7. The molecule has 1 heterocycles. The maximum Gasteiger partial charge on any atom is 0.127 e. The largest absolute Gasteiger partial charge is 0.493 e. The summed E-state index contributed by atoms with van der Waals surface area (Å²) in [7, 11) is 0. The van der Waals surface area contributed by atoms with Gasteiger partial charge in [-0.05, 0) is 24.8 Å². The number of hydrogen-bond acceptors (Lipinski definition) is 2. The first kappa shape index (κ1) is 10.5. The standard InChI is InChI=1S/C13H19NO/c1-2-5-12(14)11-8-3-6-10-7-4-9-15-13(10)11/h3,6,8,12H,2,4-5,7,9,14H2,1H3. The maximum absolute atomic E-state index is 6.15. The van der Waals surface area contributed by atoms with Crippen LogP contribution in [0, 0.1) is 0 Å². The number of nitrogens with two attached hydrogens (primary N) is 1. The molecule has 0 aliphatic carbocycles. The average molecular weight is 205 g/mol. The minimum absolute atomic E-state index is 0.128. The molecule has 1 atom stereocenters. The SMILES string of the molecule is CCCC(N)c1cccc2c1OCCC2. The van der Waals surface area contributed by atoms with Crippen molar-refractivity contribution in [1.82, 2.24) is 0 Å². The van der Waals surface area contributed by atoms with Gasteiger partial charge in [0, 0.05) is 11.6 Å². The van der Waals surface area contributed by atoms with E-state index in [0.29, 0.717) is 0 Å². The van der Waals surface area contributed by atoms with Crippen LogP contribution < -0.4 is 10.5 Å². The van der Waals surface area contributed by atoms with Gasteiger partial charge in [0.25, 0.3) is 0 Å². The average Bonchev–Trinajstić information content (AvgIpc) is 2.28. The molecule has 0 saturated carbocycles. The predicted molar refractivity (Wildman–Crippen MR) is 62.1 cm³/mol. The van der Waals surface area contributed by atoms with E-state index in [-0.39, 0.29) is 6.04 Å². The summed E-state index contributed by atoms with van der Waals surface area (Å²) in [5.74, 6) is 1.06. The minimum Gasteiger partial charge on any atom is -0.493 e. The highest BCUT2D eigenvalue weighted by Gasteiger charge is 2.17. The first-order valence-corrected chi connectivity index (χ1v) is 5.83. The van der Waals surface area contributed by atoms with Crippen molar-refractivity contribution < 1.29 is 4.74 Å². The van der Waals surface area contributed by atoms with Crippen molar-refractivity contribution in [2.45, 2.75) is 38.6 Å². The van der Waals surface area contributed by atoms with Gasteiger partial charge >= 0.3 is 0 Å². The maximum atomic E-state index is 6.15. The van der Waals surface area contributed by atoms with Crippen LogP contribution >= 0.6 is 0 Å². The topological polar surface area (TPSA) is 35.2 Å². The predicted octanol–water partition coefficient (Wildman–Crippen LogP) is 2.81. The Morgan fingerprint density at radius 1 is 1.47 bits per heavy atom. The van der Waals surface area contributed by atoms with Crippen molar-refractivity contribution in [3.05, 3.63) is 29.3 Å². The molecule has 0 aromatic heterocycles. The molecule has 2 N–H and O–H groups in total. The molecule has 0 amide bonds. The summed E-state index contributed by atoms with van der Waals surface area (Å²) in [6, 6.07) is 6.47. The third-order valence-corrected chi connectivity index (χ3v) is 2.96. The lowest BCUT2D eigenvalue weighted by atomic mass is 9.96. The van der Waals surface area contributed by atoms with E-state index >= 15 is 0 Å². The van der Waals surface area contributed by atoms with Gasteiger partial charge in [-0.3, -0.25) is 0 Å². The van der Waals surface area contributed by atoms with Crippen LogP contribution in [-0.4, -0.2) is 6.61 Å². The van der Waals surface area contributed by atoms with Gasteiger partial charge in [-0.15, -0.1) is 0 Å². The van der Waals surface area contributed by atoms with Crippen LogP contribution in [0.15, 0.2) is 18.2 Å². The molecule has 0 saturated heterocycles. The van der Waals surface area contributed by atoms with E-state index < -0.39 is 0 Å². The molecule has 1 aromatic carbocycles. The Morgan fingerprint density at radius 2 is 2.33 bits per heavy atom. The van der Waals surface area contributed by atoms with Crippen LogP contribution in [0.25, 0.3) is 0 Å². The van der Waals surface area contributed by atoms with Crippen LogP contribution in [0.2, 0.25) is 0 Å². The molecule has 1 aliphatic heterocycles. The fraction of sp³-hybridized carbons (Fsp3) is 0.538. The van der Waals surface area contributed by atoms with Crippen molar-refractivity contribution >= 4 is 0 Å². The lowest BCUT2D eigenvalue weighted by Gasteiger charge is -2.23. The Labute approximate surface area is 91.4 Å². The quantitative estimate of drug-likeness (QED) is 0.823. The zero-order valence-electron chi connectivity index (χ0n) is 9.33. The third-order valence-electron chi connectivity index (χ3n) is 2.96. The number of rotatable bonds is 3. The molecule has 0 bridgehead atoms. The minimum atomic E-state index is 0.128. The van der Waals surface area contributed by atoms with Gasteiger partial charge in [0.05, 0.1) is 6.61 Å². The molecule has 15 heavy (non-hydrogen) atoms. The molecule has 2 rings (SSSR count). The molecule has 0 radical (unpaired) electrons. The molecule has 1 aromatic rings. The fourth-order valence-corrected chi connectivity index (χ4v) is 2.17. The monoisotopic (exact) mass is 205 g/mol. The Bertz CT molecular complexity index is 335. The third kappa shape index (κ3) is 2.15. The van der Waals surface area contributed by atoms with E-state index in [0.717, 1.165) is 38.0 Å². The van der Waals surface area contributed by atoms with Crippen molar-refractivity contribution in [2.24, 2.45) is 5.73 Å². The van der Waals surface area contributed by atoms with E-state index in [2.05, 4.69) is 25.1 Å². The van der Waals surface area contributed by atoms with E-state index in [9.17, 15) is 0 Å². The fourth-order valence-electron chi connectivity index (χ4n) is 2.17. The second-order valence-corrected chi connectivity index (χ2v) is 4.18. The highest BCUT2D eigenvalue weighted by Crippen LogP contribution is 2.33. The van der Waals surface area contributed by atoms with E-state index in [1.165, 1.54) is 11.1 Å². The number of benzene rings is 1. The molecule has 0 spiro atoms. The Kier molecular flexibility index (Phi) is 3.27. The Hall–Kier alpha value is -1.02. The van der Waals surface area contributed by atoms with E-state index in [1.807, 2.05) is 0 Å². The van der Waals surface area contributed by atoms with Crippen molar-refractivity contribution in [3.63, 3.8) is 0 Å². The lowest BCUT2D eigenvalue weighted by molar-refractivity contribution is 0.283. The molecular formula is C13H19NO. The number of ether oxygens (including phenoxy) is 1. The number of fused-ring (bicyclic) bond motifs is 1. The number of hydrogen-bond donors (Lipinski definition) is 1. The van der Waals surface area contributed by atoms with Gasteiger partial charge in [-0.1, -0.05) is 31.5 Å². The van der Waals surface area contributed by atoms with Crippen molar-refractivity contribution in [3.8, 4) is 5.75 Å². The van der Waals surface area contributed by atoms with Crippen LogP contribution in [0.5, 0.6) is 5.75 Å². The van der Waals surface area contributed by atoms with Crippen LogP contribution in [0.1, 0.15) is 43.4 Å². The second kappa shape index (κ2) is 4.67. The summed E-state index contributed by atoms with van der Waals surface area (Å²) in [5.41, 5.74) is 8.66. The van der Waals surface area contributed by atoms with Gasteiger partial charge in [0.1, 0.15) is 5.75 Å². The molecule has 1 aliphatic rings. The summed E-state index contributed by atoms with van der Waals surface area (Å²) in [5, 5.41) is 0. The zero-order valence-corrected chi connectivity index (χ0v) is 9.33. The van der Waals surface area contributed by atoms with Crippen LogP contribution in [0.4, 0.5) is 0 Å². The molecule has 0 fully saturated rings. The van der Waals surface area contributed by atoms with Crippen LogP contribution in [-0.2, 0) is 6.42 Å². The first-order valence-electron chi connectivity index (χ1n) is 5.83. The lowest BCUT2D eigenvalue weighted by Crippen LogP contribution is -2.16. The number of para-hydroxylation sites is 1. The Balaban J connectivity index is 2.30. The number of aryl methyl sites for hydroxylation is 1. The van der Waals surface area contributed by atoms with Crippen LogP contribution in [0.3, 0.4) is 0 Å². The highest BCUT2D eigenvalue weighted by atomic mass is 16.5. The smallest absolute Gasteiger partial charge is 0.127 e. The van der Waals surface area contributed by atoms with Gasteiger partial charge in [0.2, 0.25) is 0 Å². The van der Waals surface area contributed by atoms with E-state index in [4.69, 9.17) is 10.5 Å². The molecule has 2 heteroatoms. The summed E-state index contributed by atoms with van der Waals surface area (Å²) in [4.78, 5) is 0. The molecule has 1 unspecified atom stereocenters. The van der Waals surface area contributed by atoms with Crippen molar-refractivity contribution in [2.75, 3.05) is 6.61 Å². The summed E-state index contributed by atoms with van der Waals surface area (Å²) < 4.78 is 5.74. The molecule has 82 valence electrons. The highest BCUT2D eigenvalue weighted by molar-refractivity contribution is 5.44. The molecular weight excluding hydrogens is 186 g/mol. The summed E-state index contributed by atoms with van der Waals surface area (Å²) in [6.45, 7) is 3.00. The van der Waals surface area contributed by atoms with Gasteiger partial charge in [-0.25, -0.2) is 0 Å². The van der Waals surface area contributed by atoms with Gasteiger partial charge in [0.15, 0.2) is 0 Å². The van der Waals surface area contributed by atoms with Crippen molar-refractivity contribution in [1.29, 1.82) is 0 Å². The van der Waals surface area contributed by atoms with Gasteiger partial charge in [-0.2, -0.15) is 0 Å². The first-order chi connectivity index (χ1) is 7.33. The second-order valence-electron chi connectivity index (χ2n) is 4.18. The Morgan fingerprint density at radius 3 is 3.13 bits per heavy atom. The summed E-state index contributed by atoms with van der Waals surface area (Å²) >= 11 is 0. The van der Waals surface area contributed by atoms with E-state index in [1.54, 1.807) is 0 Å². The normalized spacial score (nSPS) is 16.7. The molecule has 2 nitrogen and oxygen atoms in total.